The van der Waals surface area contributed by atoms with Crippen molar-refractivity contribution in [3.8, 4) is 0 Å². The topological polar surface area (TPSA) is 59.9 Å². The summed E-state index contributed by atoms with van der Waals surface area (Å²) in [6, 6.07) is 3.81. The third-order valence-electron chi connectivity index (χ3n) is 1.86. The molecule has 5 nitrogen and oxygen atoms in total. The van der Waals surface area contributed by atoms with Gasteiger partial charge in [-0.25, -0.2) is 4.99 Å². The molecule has 0 bridgehead atoms. The number of nitrogens with zero attached hydrogens (tertiary/aromatic N) is 1. The van der Waals surface area contributed by atoms with E-state index in [-0.39, 0.29) is 18.0 Å². The Morgan fingerprint density at radius 1 is 1.56 bits per heavy atom. The van der Waals surface area contributed by atoms with Crippen molar-refractivity contribution in [3.05, 3.63) is 22.4 Å². The number of ether oxygens (including phenoxy) is 2. The van der Waals surface area contributed by atoms with Crippen molar-refractivity contribution in [2.45, 2.75) is 20.0 Å². The van der Waals surface area contributed by atoms with Crippen LogP contribution in [0.5, 0.6) is 0 Å². The summed E-state index contributed by atoms with van der Waals surface area (Å²) in [5, 5.41) is 4.50. The average Bonchev–Trinajstić information content (AvgIpc) is 2.81. The van der Waals surface area contributed by atoms with E-state index in [0.29, 0.717) is 18.0 Å². The lowest BCUT2D eigenvalue weighted by Crippen LogP contribution is -2.34. The molecular formula is C12H18N2O3S. The monoisotopic (exact) mass is 270 g/mol. The molecule has 0 unspecified atom stereocenters. The van der Waals surface area contributed by atoms with Crippen LogP contribution in [0, 0.1) is 0 Å². The lowest BCUT2D eigenvalue weighted by atomic mass is 10.4. The van der Waals surface area contributed by atoms with Gasteiger partial charge >= 0.3 is 0 Å². The molecule has 0 aliphatic rings. The molecule has 6 heteroatoms. The summed E-state index contributed by atoms with van der Waals surface area (Å²) in [7, 11) is 1.60. The van der Waals surface area contributed by atoms with Crippen molar-refractivity contribution in [2.24, 2.45) is 4.99 Å². The molecular weight excluding hydrogens is 252 g/mol. The van der Waals surface area contributed by atoms with E-state index in [2.05, 4.69) is 10.3 Å². The number of amides is 1. The van der Waals surface area contributed by atoms with Crippen LogP contribution in [0.2, 0.25) is 0 Å². The predicted molar refractivity (Wildman–Crippen MR) is 72.2 cm³/mol. The first kappa shape index (κ1) is 14.7. The normalized spacial score (nSPS) is 11.7. The number of nitrogens with one attached hydrogen (secondary N) is 1. The van der Waals surface area contributed by atoms with Crippen molar-refractivity contribution in [1.29, 1.82) is 0 Å². The van der Waals surface area contributed by atoms with Gasteiger partial charge in [0.25, 0.3) is 11.9 Å². The van der Waals surface area contributed by atoms with Crippen molar-refractivity contribution < 1.29 is 14.3 Å². The lowest BCUT2D eigenvalue weighted by Gasteiger charge is -2.12. The van der Waals surface area contributed by atoms with Crippen LogP contribution < -0.4 is 5.32 Å². The molecule has 0 aliphatic heterocycles. The van der Waals surface area contributed by atoms with E-state index in [4.69, 9.17) is 9.47 Å². The van der Waals surface area contributed by atoms with Gasteiger partial charge < -0.3 is 9.47 Å². The Morgan fingerprint density at radius 2 is 2.33 bits per heavy atom. The van der Waals surface area contributed by atoms with Gasteiger partial charge in [-0.15, -0.1) is 11.3 Å². The van der Waals surface area contributed by atoms with E-state index < -0.39 is 0 Å². The number of thiophene rings is 1. The highest BCUT2D eigenvalue weighted by Crippen LogP contribution is 2.07. The van der Waals surface area contributed by atoms with Gasteiger partial charge in [0.2, 0.25) is 0 Å². The van der Waals surface area contributed by atoms with Crippen LogP contribution in [0.25, 0.3) is 0 Å². The zero-order valence-electron chi connectivity index (χ0n) is 10.8. The van der Waals surface area contributed by atoms with Crippen LogP contribution in [0.15, 0.2) is 22.5 Å². The SMILES string of the molecule is COCCN=C(NC(=O)c1cccs1)OC(C)C. The van der Waals surface area contributed by atoms with Gasteiger partial charge in [0, 0.05) is 7.11 Å². The zero-order valence-corrected chi connectivity index (χ0v) is 11.6. The van der Waals surface area contributed by atoms with E-state index in [0.717, 1.165) is 0 Å². The van der Waals surface area contributed by atoms with Crippen LogP contribution >= 0.6 is 11.3 Å². The van der Waals surface area contributed by atoms with Crippen LogP contribution in [0.1, 0.15) is 23.5 Å². The van der Waals surface area contributed by atoms with Crippen LogP contribution in [0.3, 0.4) is 0 Å². The number of hydrogen-bond donors (Lipinski definition) is 1. The number of amidine groups is 1. The maximum atomic E-state index is 11.8. The molecule has 1 heterocycles. The highest BCUT2D eigenvalue weighted by Gasteiger charge is 2.11. The van der Waals surface area contributed by atoms with Gasteiger partial charge in [0.05, 0.1) is 24.1 Å². The average molecular weight is 270 g/mol. The highest BCUT2D eigenvalue weighted by molar-refractivity contribution is 7.12. The summed E-state index contributed by atoms with van der Waals surface area (Å²) < 4.78 is 10.3. The van der Waals surface area contributed by atoms with E-state index >= 15 is 0 Å². The Bertz CT molecular complexity index is 388. The summed E-state index contributed by atoms with van der Waals surface area (Å²) in [6.07, 6.45) is -0.0464. The fraction of sp³-hybridized carbons (Fsp3) is 0.500. The zero-order chi connectivity index (χ0) is 13.4. The summed E-state index contributed by atoms with van der Waals surface area (Å²) in [5.74, 6) is -0.207. The van der Waals surface area contributed by atoms with E-state index in [9.17, 15) is 4.79 Å². The van der Waals surface area contributed by atoms with Crippen molar-refractivity contribution in [1.82, 2.24) is 5.32 Å². The molecule has 0 aromatic carbocycles. The summed E-state index contributed by atoms with van der Waals surface area (Å²) >= 11 is 1.37. The third kappa shape index (κ3) is 5.29. The standard InChI is InChI=1S/C12H18N2O3S/c1-9(2)17-12(13-6-7-16-3)14-11(15)10-5-4-8-18-10/h4-5,8-9H,6-7H2,1-3H3,(H,13,14,15). The van der Waals surface area contributed by atoms with Gasteiger partial charge in [-0.3, -0.25) is 10.1 Å². The second-order valence-electron chi connectivity index (χ2n) is 3.78. The van der Waals surface area contributed by atoms with Crippen LogP contribution in [-0.2, 0) is 9.47 Å². The molecule has 0 saturated carbocycles. The molecule has 0 saturated heterocycles. The molecule has 0 fully saturated rings. The van der Waals surface area contributed by atoms with Crippen molar-refractivity contribution in [3.63, 3.8) is 0 Å². The van der Waals surface area contributed by atoms with E-state index in [1.807, 2.05) is 25.3 Å². The van der Waals surface area contributed by atoms with E-state index in [1.165, 1.54) is 11.3 Å². The van der Waals surface area contributed by atoms with Gasteiger partial charge in [0.1, 0.15) is 0 Å². The molecule has 1 aromatic rings. The minimum absolute atomic E-state index is 0.0464. The number of hydrogen-bond acceptors (Lipinski definition) is 5. The number of aliphatic imine (C=N–C) groups is 1. The maximum Gasteiger partial charge on any atom is 0.292 e. The quantitative estimate of drug-likeness (QED) is 0.505. The lowest BCUT2D eigenvalue weighted by molar-refractivity contribution is 0.0963. The Kier molecular flexibility index (Phi) is 6.38. The fourth-order valence-corrected chi connectivity index (χ4v) is 1.75. The second-order valence-corrected chi connectivity index (χ2v) is 4.73. The molecule has 0 aliphatic carbocycles. The molecule has 100 valence electrons. The first-order chi connectivity index (χ1) is 8.63. The third-order valence-corrected chi connectivity index (χ3v) is 2.73. The smallest absolute Gasteiger partial charge is 0.292 e. The minimum atomic E-state index is -0.207. The molecule has 1 N–H and O–H groups in total. The summed E-state index contributed by atoms with van der Waals surface area (Å²) in [6.45, 7) is 4.69. The van der Waals surface area contributed by atoms with Gasteiger partial charge in [0.15, 0.2) is 0 Å². The molecule has 18 heavy (non-hydrogen) atoms. The minimum Gasteiger partial charge on any atom is -0.462 e. The van der Waals surface area contributed by atoms with Crippen molar-refractivity contribution >= 4 is 23.3 Å². The Hall–Kier alpha value is -1.40. The molecule has 1 rings (SSSR count). The first-order valence-electron chi connectivity index (χ1n) is 5.68. The Morgan fingerprint density at radius 3 is 2.89 bits per heavy atom. The maximum absolute atomic E-state index is 11.8. The number of rotatable bonds is 5. The van der Waals surface area contributed by atoms with Crippen molar-refractivity contribution in [2.75, 3.05) is 20.3 Å². The van der Waals surface area contributed by atoms with Gasteiger partial charge in [-0.2, -0.15) is 0 Å². The fourth-order valence-electron chi connectivity index (χ4n) is 1.13. The largest absolute Gasteiger partial charge is 0.462 e. The predicted octanol–water partition coefficient (Wildman–Crippen LogP) is 1.91. The van der Waals surface area contributed by atoms with Crippen LogP contribution in [-0.4, -0.2) is 38.3 Å². The molecule has 0 radical (unpaired) electrons. The molecule has 1 aromatic heterocycles. The molecule has 1 amide bonds. The van der Waals surface area contributed by atoms with Gasteiger partial charge in [-0.05, 0) is 25.3 Å². The van der Waals surface area contributed by atoms with Gasteiger partial charge in [-0.1, -0.05) is 6.07 Å². The summed E-state index contributed by atoms with van der Waals surface area (Å²) in [4.78, 5) is 16.6. The Labute approximate surface area is 111 Å². The first-order valence-corrected chi connectivity index (χ1v) is 6.56. The Balaban J connectivity index is 2.60. The highest BCUT2D eigenvalue weighted by atomic mass is 32.1. The number of methoxy groups -OCH3 is 1. The number of carbonyl (C=O) groups excluding carboxylic acids is 1. The van der Waals surface area contributed by atoms with Crippen LogP contribution in [0.4, 0.5) is 0 Å². The number of carbonyl (C=O) groups is 1. The second kappa shape index (κ2) is 7.84. The molecule has 0 atom stereocenters. The molecule has 0 spiro atoms. The van der Waals surface area contributed by atoms with E-state index in [1.54, 1.807) is 13.2 Å². The summed E-state index contributed by atoms with van der Waals surface area (Å²) in [5.41, 5.74) is 0.